The van der Waals surface area contributed by atoms with Crippen LogP contribution in [-0.4, -0.2) is 15.7 Å². The maximum atomic E-state index is 12.5. The Hall–Kier alpha value is -2.32. The first-order valence-electron chi connectivity index (χ1n) is 6.59. The molecular weight excluding hydrogens is 305 g/mol. The Labute approximate surface area is 121 Å². The van der Waals surface area contributed by atoms with Crippen LogP contribution in [0.5, 0.6) is 0 Å². The number of fused-ring (bicyclic) bond motifs is 1. The van der Waals surface area contributed by atoms with E-state index in [0.717, 1.165) is 12.5 Å². The summed E-state index contributed by atoms with van der Waals surface area (Å²) in [5.41, 5.74) is -3.30. The number of aryl methyl sites for hydroxylation is 1. The molecule has 2 aromatic heterocycles. The average molecular weight is 318 g/mol. The van der Waals surface area contributed by atoms with Crippen LogP contribution < -0.4 is 16.9 Å². The van der Waals surface area contributed by atoms with Gasteiger partial charge in [0.15, 0.2) is 0 Å². The SMILES string of the molecule is CCCCc1cc(=O)oc2[nH]c(=O)n(CC(F)(F)F)c(=O)c12. The Morgan fingerprint density at radius 1 is 1.27 bits per heavy atom. The topological polar surface area (TPSA) is 85.1 Å². The summed E-state index contributed by atoms with van der Waals surface area (Å²) < 4.78 is 42.2. The van der Waals surface area contributed by atoms with Crippen LogP contribution >= 0.6 is 0 Å². The number of unbranched alkanes of at least 4 members (excludes halogenated alkanes) is 1. The highest BCUT2D eigenvalue weighted by Gasteiger charge is 2.30. The molecule has 0 unspecified atom stereocenters. The highest BCUT2D eigenvalue weighted by Crippen LogP contribution is 2.17. The van der Waals surface area contributed by atoms with Gasteiger partial charge in [-0.1, -0.05) is 13.3 Å². The standard InChI is InChI=1S/C13H13F3N2O4/c1-2-3-4-7-5-8(19)22-10-9(7)11(20)18(12(21)17-10)6-13(14,15)16/h5H,2-4,6H2,1H3,(H,17,21). The molecule has 0 radical (unpaired) electrons. The Balaban J connectivity index is 2.77. The van der Waals surface area contributed by atoms with E-state index in [-0.39, 0.29) is 15.5 Å². The number of hydrogen-bond acceptors (Lipinski definition) is 4. The van der Waals surface area contributed by atoms with Crippen molar-refractivity contribution >= 4 is 11.1 Å². The Bertz CT molecular complexity index is 861. The number of nitrogens with one attached hydrogen (secondary N) is 1. The van der Waals surface area contributed by atoms with Gasteiger partial charge in [-0.3, -0.25) is 14.3 Å². The first kappa shape index (κ1) is 16.1. The van der Waals surface area contributed by atoms with Crippen molar-refractivity contribution in [3.05, 3.63) is 42.9 Å². The van der Waals surface area contributed by atoms with Gasteiger partial charge in [0, 0.05) is 6.07 Å². The fourth-order valence-electron chi connectivity index (χ4n) is 2.14. The van der Waals surface area contributed by atoms with E-state index in [4.69, 9.17) is 4.42 Å². The molecule has 2 aromatic rings. The Morgan fingerprint density at radius 3 is 2.55 bits per heavy atom. The van der Waals surface area contributed by atoms with Crippen molar-refractivity contribution < 1.29 is 17.6 Å². The van der Waals surface area contributed by atoms with Gasteiger partial charge in [0.2, 0.25) is 5.71 Å². The van der Waals surface area contributed by atoms with Crippen molar-refractivity contribution in [2.75, 3.05) is 0 Å². The minimum Gasteiger partial charge on any atom is -0.405 e. The first-order valence-corrected chi connectivity index (χ1v) is 6.59. The zero-order valence-corrected chi connectivity index (χ0v) is 11.6. The van der Waals surface area contributed by atoms with Crippen molar-refractivity contribution in [1.29, 1.82) is 0 Å². The van der Waals surface area contributed by atoms with E-state index in [0.29, 0.717) is 12.8 Å². The van der Waals surface area contributed by atoms with Crippen LogP contribution in [0, 0.1) is 0 Å². The molecule has 0 aromatic carbocycles. The molecule has 9 heteroatoms. The van der Waals surface area contributed by atoms with Gasteiger partial charge in [0.05, 0.1) is 0 Å². The molecule has 0 fully saturated rings. The molecule has 0 spiro atoms. The lowest BCUT2D eigenvalue weighted by Gasteiger charge is -2.10. The fourth-order valence-corrected chi connectivity index (χ4v) is 2.14. The molecular formula is C13H13F3N2O4. The zero-order valence-electron chi connectivity index (χ0n) is 11.6. The summed E-state index contributed by atoms with van der Waals surface area (Å²) in [7, 11) is 0. The molecule has 2 rings (SSSR count). The van der Waals surface area contributed by atoms with Gasteiger partial charge in [-0.25, -0.2) is 9.59 Å². The van der Waals surface area contributed by atoms with E-state index >= 15 is 0 Å². The summed E-state index contributed by atoms with van der Waals surface area (Å²) in [4.78, 5) is 37.3. The van der Waals surface area contributed by atoms with Gasteiger partial charge in [0.25, 0.3) is 5.56 Å². The normalized spacial score (nSPS) is 12.0. The molecule has 22 heavy (non-hydrogen) atoms. The van der Waals surface area contributed by atoms with Gasteiger partial charge in [0.1, 0.15) is 11.9 Å². The van der Waals surface area contributed by atoms with Crippen molar-refractivity contribution in [2.24, 2.45) is 0 Å². The third-order valence-electron chi connectivity index (χ3n) is 3.10. The molecule has 0 aliphatic heterocycles. The molecule has 6 nitrogen and oxygen atoms in total. The number of rotatable bonds is 4. The van der Waals surface area contributed by atoms with Gasteiger partial charge in [-0.15, -0.1) is 0 Å². The van der Waals surface area contributed by atoms with Crippen molar-refractivity contribution in [1.82, 2.24) is 9.55 Å². The number of nitrogens with zero attached hydrogens (tertiary/aromatic N) is 1. The largest absolute Gasteiger partial charge is 0.406 e. The third kappa shape index (κ3) is 3.29. The van der Waals surface area contributed by atoms with Crippen LogP contribution in [-0.2, 0) is 13.0 Å². The molecule has 0 bridgehead atoms. The van der Waals surface area contributed by atoms with E-state index in [9.17, 15) is 27.6 Å². The summed E-state index contributed by atoms with van der Waals surface area (Å²) in [5, 5.41) is -0.197. The lowest BCUT2D eigenvalue weighted by Crippen LogP contribution is -2.40. The van der Waals surface area contributed by atoms with Crippen LogP contribution in [0.4, 0.5) is 13.2 Å². The third-order valence-corrected chi connectivity index (χ3v) is 3.10. The van der Waals surface area contributed by atoms with Gasteiger partial charge < -0.3 is 4.42 Å². The predicted octanol–water partition coefficient (Wildman–Crippen LogP) is 1.55. The van der Waals surface area contributed by atoms with E-state index in [2.05, 4.69) is 0 Å². The molecule has 1 N–H and O–H groups in total. The van der Waals surface area contributed by atoms with Crippen LogP contribution in [0.3, 0.4) is 0 Å². The molecule has 0 saturated heterocycles. The molecule has 0 amide bonds. The van der Waals surface area contributed by atoms with Crippen molar-refractivity contribution in [3.8, 4) is 0 Å². The number of H-pyrrole nitrogens is 1. The number of hydrogen-bond donors (Lipinski definition) is 1. The van der Waals surface area contributed by atoms with Crippen molar-refractivity contribution in [2.45, 2.75) is 38.9 Å². The lowest BCUT2D eigenvalue weighted by atomic mass is 10.1. The number of halogens is 3. The summed E-state index contributed by atoms with van der Waals surface area (Å²) in [6.45, 7) is 0.181. The second kappa shape index (κ2) is 5.82. The minimum atomic E-state index is -4.72. The Morgan fingerprint density at radius 2 is 1.95 bits per heavy atom. The van der Waals surface area contributed by atoms with Crippen molar-refractivity contribution in [3.63, 3.8) is 0 Å². The van der Waals surface area contributed by atoms with E-state index < -0.39 is 35.3 Å². The maximum Gasteiger partial charge on any atom is 0.406 e. The van der Waals surface area contributed by atoms with Crippen LogP contribution in [0.25, 0.3) is 11.1 Å². The minimum absolute atomic E-state index is 0.0533. The molecule has 0 aliphatic carbocycles. The van der Waals surface area contributed by atoms with Crippen LogP contribution in [0.1, 0.15) is 25.3 Å². The second-order valence-corrected chi connectivity index (χ2v) is 4.83. The maximum absolute atomic E-state index is 12.5. The molecule has 2 heterocycles. The summed E-state index contributed by atoms with van der Waals surface area (Å²) >= 11 is 0. The first-order chi connectivity index (χ1) is 10.2. The van der Waals surface area contributed by atoms with E-state index in [1.54, 1.807) is 0 Å². The number of aromatic amines is 1. The molecule has 0 atom stereocenters. The van der Waals surface area contributed by atoms with Gasteiger partial charge >= 0.3 is 17.5 Å². The van der Waals surface area contributed by atoms with E-state index in [1.165, 1.54) is 0 Å². The zero-order chi connectivity index (χ0) is 16.5. The fraction of sp³-hybridized carbons (Fsp3) is 0.462. The number of alkyl halides is 3. The molecule has 0 aliphatic rings. The molecule has 0 saturated carbocycles. The van der Waals surface area contributed by atoms with E-state index in [1.807, 2.05) is 11.9 Å². The predicted molar refractivity (Wildman–Crippen MR) is 72.0 cm³/mol. The highest BCUT2D eigenvalue weighted by atomic mass is 19.4. The lowest BCUT2D eigenvalue weighted by molar-refractivity contribution is -0.141. The summed E-state index contributed by atoms with van der Waals surface area (Å²) in [5.74, 6) is 0. The molecule has 120 valence electrons. The number of aromatic nitrogens is 2. The van der Waals surface area contributed by atoms with Crippen LogP contribution in [0.2, 0.25) is 0 Å². The van der Waals surface area contributed by atoms with Gasteiger partial charge in [-0.05, 0) is 18.4 Å². The van der Waals surface area contributed by atoms with Gasteiger partial charge in [-0.2, -0.15) is 13.2 Å². The Kier molecular flexibility index (Phi) is 4.25. The summed E-state index contributed by atoms with van der Waals surface area (Å²) in [6, 6.07) is 1.07. The quantitative estimate of drug-likeness (QED) is 0.927. The summed E-state index contributed by atoms with van der Waals surface area (Å²) in [6.07, 6.45) is -2.99. The second-order valence-electron chi connectivity index (χ2n) is 4.83. The van der Waals surface area contributed by atoms with Crippen LogP contribution in [0.15, 0.2) is 24.9 Å². The highest BCUT2D eigenvalue weighted by molar-refractivity contribution is 5.75. The monoisotopic (exact) mass is 318 g/mol. The average Bonchev–Trinajstić information content (AvgIpc) is 2.39. The smallest absolute Gasteiger partial charge is 0.405 e.